The molecule has 3 rings (SSSR count). The average Bonchev–Trinajstić information content (AvgIpc) is 3.09. The van der Waals surface area contributed by atoms with Gasteiger partial charge in [0.25, 0.3) is 5.91 Å². The Kier molecular flexibility index (Phi) is 5.08. The van der Waals surface area contributed by atoms with Crippen molar-refractivity contribution in [2.75, 3.05) is 12.4 Å². The van der Waals surface area contributed by atoms with Crippen molar-refractivity contribution in [3.63, 3.8) is 0 Å². The van der Waals surface area contributed by atoms with Crippen molar-refractivity contribution >= 4 is 51.5 Å². The van der Waals surface area contributed by atoms with Crippen molar-refractivity contribution in [2.24, 2.45) is 0 Å². The number of carbonyl (C=O) groups excluding carboxylic acids is 2. The minimum absolute atomic E-state index is 0.109. The summed E-state index contributed by atoms with van der Waals surface area (Å²) in [6.07, 6.45) is 0. The smallest absolute Gasteiger partial charge is 0.256 e. The van der Waals surface area contributed by atoms with Crippen LogP contribution in [0, 0.1) is 11.3 Å². The van der Waals surface area contributed by atoms with E-state index in [1.165, 1.54) is 32.2 Å². The van der Waals surface area contributed by atoms with Crippen molar-refractivity contribution in [1.82, 2.24) is 0 Å². The Morgan fingerprint density at radius 1 is 1.19 bits per heavy atom. The Balaban J connectivity index is 2.07. The van der Waals surface area contributed by atoms with Crippen LogP contribution in [0.3, 0.4) is 0 Å². The van der Waals surface area contributed by atoms with Crippen molar-refractivity contribution in [3.05, 3.63) is 57.3 Å². The minimum atomic E-state index is -0.507. The molecular weight excluding hydrogens is 391 g/mol. The molecule has 2 aromatic carbocycles. The zero-order valence-electron chi connectivity index (χ0n) is 14.2. The van der Waals surface area contributed by atoms with Gasteiger partial charge in [-0.15, -0.1) is 0 Å². The third kappa shape index (κ3) is 3.47. The van der Waals surface area contributed by atoms with Gasteiger partial charge in [-0.1, -0.05) is 23.2 Å². The van der Waals surface area contributed by atoms with Gasteiger partial charge in [-0.2, -0.15) is 5.26 Å². The van der Waals surface area contributed by atoms with E-state index in [9.17, 15) is 9.59 Å². The molecule has 6 nitrogen and oxygen atoms in total. The molecule has 0 aliphatic carbocycles. The molecule has 136 valence electrons. The lowest BCUT2D eigenvalue weighted by atomic mass is 10.1. The molecule has 0 spiro atoms. The quantitative estimate of drug-likeness (QED) is 0.614. The highest BCUT2D eigenvalue weighted by Gasteiger charge is 2.20. The van der Waals surface area contributed by atoms with Gasteiger partial charge < -0.3 is 14.5 Å². The Morgan fingerprint density at radius 3 is 2.41 bits per heavy atom. The first-order valence-corrected chi connectivity index (χ1v) is 8.43. The highest BCUT2D eigenvalue weighted by molar-refractivity contribution is 6.40. The predicted octanol–water partition coefficient (Wildman–Crippen LogP) is 5.07. The van der Waals surface area contributed by atoms with Gasteiger partial charge in [0.05, 0.1) is 40.0 Å². The number of nitrogens with zero attached hydrogens (tertiary/aromatic N) is 1. The SMILES string of the molecule is COc1ccc(C(=O)Nc2c(Cl)cc(C#N)cc2Cl)c2cc(C(C)=O)oc12. The van der Waals surface area contributed by atoms with Gasteiger partial charge in [0.1, 0.15) is 0 Å². The van der Waals surface area contributed by atoms with Crippen LogP contribution in [0.1, 0.15) is 33.4 Å². The van der Waals surface area contributed by atoms with Crippen LogP contribution in [0.2, 0.25) is 10.0 Å². The summed E-state index contributed by atoms with van der Waals surface area (Å²) in [5.74, 6) is -0.286. The number of hydrogen-bond donors (Lipinski definition) is 1. The molecule has 1 N–H and O–H groups in total. The number of halogens is 2. The molecular formula is C19H12Cl2N2O4. The highest BCUT2D eigenvalue weighted by Crippen LogP contribution is 2.35. The lowest BCUT2D eigenvalue weighted by Gasteiger charge is -2.11. The van der Waals surface area contributed by atoms with Crippen molar-refractivity contribution < 1.29 is 18.7 Å². The van der Waals surface area contributed by atoms with Crippen LogP contribution in [-0.2, 0) is 0 Å². The highest BCUT2D eigenvalue weighted by atomic mass is 35.5. The lowest BCUT2D eigenvalue weighted by molar-refractivity contribution is 0.0987. The normalized spacial score (nSPS) is 10.5. The topological polar surface area (TPSA) is 92.3 Å². The van der Waals surface area contributed by atoms with Crippen molar-refractivity contribution in [2.45, 2.75) is 6.92 Å². The first-order chi connectivity index (χ1) is 12.8. The number of furan rings is 1. The van der Waals surface area contributed by atoms with Crippen LogP contribution in [-0.4, -0.2) is 18.8 Å². The number of hydrogen-bond acceptors (Lipinski definition) is 5. The summed E-state index contributed by atoms with van der Waals surface area (Å²) in [5, 5.41) is 12.3. The fourth-order valence-corrected chi connectivity index (χ4v) is 3.15. The first-order valence-electron chi connectivity index (χ1n) is 7.67. The zero-order valence-corrected chi connectivity index (χ0v) is 15.7. The molecule has 27 heavy (non-hydrogen) atoms. The monoisotopic (exact) mass is 402 g/mol. The van der Waals surface area contributed by atoms with E-state index in [-0.39, 0.29) is 44.0 Å². The van der Waals surface area contributed by atoms with Crippen LogP contribution in [0.15, 0.2) is 34.7 Å². The van der Waals surface area contributed by atoms with Gasteiger partial charge in [-0.25, -0.2) is 0 Å². The second kappa shape index (κ2) is 7.31. The van der Waals surface area contributed by atoms with E-state index in [0.29, 0.717) is 11.1 Å². The predicted molar refractivity (Wildman–Crippen MR) is 102 cm³/mol. The number of Topliss-reactive ketones (excluding diaryl/α,β-unsaturated/α-hetero) is 1. The molecule has 0 aliphatic rings. The summed E-state index contributed by atoms with van der Waals surface area (Å²) in [4.78, 5) is 24.4. The number of rotatable bonds is 4. The molecule has 0 atom stereocenters. The first kappa shape index (κ1) is 18.8. The number of carbonyl (C=O) groups is 2. The van der Waals surface area contributed by atoms with Crippen LogP contribution in [0.4, 0.5) is 5.69 Å². The molecule has 1 amide bonds. The van der Waals surface area contributed by atoms with Gasteiger partial charge in [-0.3, -0.25) is 9.59 Å². The van der Waals surface area contributed by atoms with Gasteiger partial charge in [-0.05, 0) is 30.3 Å². The number of anilines is 1. The Hall–Kier alpha value is -3.01. The van der Waals surface area contributed by atoms with Gasteiger partial charge in [0.2, 0.25) is 0 Å². The van der Waals surface area contributed by atoms with E-state index in [1.807, 2.05) is 6.07 Å². The Bertz CT molecular complexity index is 1110. The molecule has 0 saturated carbocycles. The number of benzene rings is 2. The molecule has 0 aliphatic heterocycles. The number of methoxy groups -OCH3 is 1. The largest absolute Gasteiger partial charge is 0.493 e. The van der Waals surface area contributed by atoms with E-state index in [1.54, 1.807) is 12.1 Å². The average molecular weight is 403 g/mol. The maximum Gasteiger partial charge on any atom is 0.256 e. The fourth-order valence-electron chi connectivity index (χ4n) is 2.57. The molecule has 8 heteroatoms. The third-order valence-electron chi connectivity index (χ3n) is 3.87. The lowest BCUT2D eigenvalue weighted by Crippen LogP contribution is -2.13. The Morgan fingerprint density at radius 2 is 1.85 bits per heavy atom. The summed E-state index contributed by atoms with van der Waals surface area (Å²) in [7, 11) is 1.46. The third-order valence-corrected chi connectivity index (χ3v) is 4.46. The molecule has 0 bridgehead atoms. The molecule has 0 saturated heterocycles. The fraction of sp³-hybridized carbons (Fsp3) is 0.105. The van der Waals surface area contributed by atoms with Gasteiger partial charge in [0.15, 0.2) is 22.9 Å². The summed E-state index contributed by atoms with van der Waals surface area (Å²) in [6, 6.07) is 9.32. The van der Waals surface area contributed by atoms with E-state index in [0.717, 1.165) is 0 Å². The number of ketones is 1. The summed E-state index contributed by atoms with van der Waals surface area (Å²) < 4.78 is 10.8. The zero-order chi connectivity index (χ0) is 19.7. The van der Waals surface area contributed by atoms with Crippen LogP contribution >= 0.6 is 23.2 Å². The molecule has 3 aromatic rings. The van der Waals surface area contributed by atoms with E-state index < -0.39 is 5.91 Å². The second-order valence-corrected chi connectivity index (χ2v) is 6.42. The standard InChI is InChI=1S/C19H12Cl2N2O4/c1-9(24)16-7-12-11(3-4-15(26-2)18(12)27-16)19(25)23-17-13(20)5-10(8-22)6-14(17)21/h3-7H,1-2H3,(H,23,25). The minimum Gasteiger partial charge on any atom is -0.493 e. The summed E-state index contributed by atoms with van der Waals surface area (Å²) in [5.41, 5.74) is 0.989. The van der Waals surface area contributed by atoms with E-state index in [2.05, 4.69) is 5.32 Å². The van der Waals surface area contributed by atoms with E-state index >= 15 is 0 Å². The maximum atomic E-state index is 12.8. The summed E-state index contributed by atoms with van der Waals surface area (Å²) in [6.45, 7) is 1.36. The van der Waals surface area contributed by atoms with Gasteiger partial charge in [0, 0.05) is 12.3 Å². The van der Waals surface area contributed by atoms with Crippen LogP contribution < -0.4 is 10.1 Å². The summed E-state index contributed by atoms with van der Waals surface area (Å²) >= 11 is 12.2. The number of nitrogens with one attached hydrogen (secondary N) is 1. The van der Waals surface area contributed by atoms with Crippen molar-refractivity contribution in [3.8, 4) is 11.8 Å². The number of fused-ring (bicyclic) bond motifs is 1. The molecule has 0 unspecified atom stereocenters. The second-order valence-electron chi connectivity index (χ2n) is 5.61. The molecule has 0 radical (unpaired) electrons. The molecule has 1 aromatic heterocycles. The molecule has 0 fully saturated rings. The number of amides is 1. The number of ether oxygens (including phenoxy) is 1. The maximum absolute atomic E-state index is 12.8. The van der Waals surface area contributed by atoms with Crippen LogP contribution in [0.25, 0.3) is 11.0 Å². The van der Waals surface area contributed by atoms with Crippen LogP contribution in [0.5, 0.6) is 5.75 Å². The molecule has 1 heterocycles. The Labute approximate surface area is 164 Å². The van der Waals surface area contributed by atoms with Crippen molar-refractivity contribution in [1.29, 1.82) is 5.26 Å². The number of nitriles is 1. The van der Waals surface area contributed by atoms with Gasteiger partial charge >= 0.3 is 0 Å². The van der Waals surface area contributed by atoms with E-state index in [4.69, 9.17) is 37.6 Å².